The number of halogens is 2. The molecule has 0 amide bonds. The largest absolute Gasteiger partial charge is 0.462 e. The summed E-state index contributed by atoms with van der Waals surface area (Å²) in [5.74, 6) is -3.23. The van der Waals surface area contributed by atoms with Crippen molar-refractivity contribution in [2.75, 3.05) is 26.7 Å². The molecule has 1 N–H and O–H groups in total. The van der Waals surface area contributed by atoms with Gasteiger partial charge in [0.15, 0.2) is 0 Å². The van der Waals surface area contributed by atoms with Gasteiger partial charge >= 0.3 is 5.97 Å². The molecule has 1 heterocycles. The van der Waals surface area contributed by atoms with E-state index in [1.165, 1.54) is 6.20 Å². The van der Waals surface area contributed by atoms with Gasteiger partial charge in [-0.3, -0.25) is 4.79 Å². The van der Waals surface area contributed by atoms with Crippen molar-refractivity contribution in [3.63, 3.8) is 0 Å². The standard InChI is InChI=1S/C21H26F2N2O3/c1-3-28-21(27)17(12-24-14-4-5-14)20(26)16-11-18(22)15(10-19(16)23)13-6-8-25(2)9-7-13/h10-14,24H,3-9H2,1-2H3. The molecule has 1 saturated heterocycles. The predicted molar refractivity (Wildman–Crippen MR) is 101 cm³/mol. The molecular weight excluding hydrogens is 366 g/mol. The Morgan fingerprint density at radius 3 is 2.46 bits per heavy atom. The van der Waals surface area contributed by atoms with Gasteiger partial charge in [-0.1, -0.05) is 0 Å². The highest BCUT2D eigenvalue weighted by atomic mass is 19.1. The van der Waals surface area contributed by atoms with Gasteiger partial charge in [-0.15, -0.1) is 0 Å². The summed E-state index contributed by atoms with van der Waals surface area (Å²) in [4.78, 5) is 27.1. The van der Waals surface area contributed by atoms with Gasteiger partial charge in [0.25, 0.3) is 0 Å². The molecule has 7 heteroatoms. The fourth-order valence-corrected chi connectivity index (χ4v) is 3.39. The smallest absolute Gasteiger partial charge is 0.343 e. The monoisotopic (exact) mass is 392 g/mol. The summed E-state index contributed by atoms with van der Waals surface area (Å²) in [6, 6.07) is 2.22. The zero-order valence-electron chi connectivity index (χ0n) is 16.3. The first-order valence-electron chi connectivity index (χ1n) is 9.76. The Kier molecular flexibility index (Phi) is 6.44. The Balaban J connectivity index is 1.86. The Morgan fingerprint density at radius 2 is 1.86 bits per heavy atom. The van der Waals surface area contributed by atoms with Gasteiger partial charge in [0.05, 0.1) is 12.2 Å². The van der Waals surface area contributed by atoms with Crippen molar-refractivity contribution in [3.05, 3.63) is 46.7 Å². The van der Waals surface area contributed by atoms with Crippen molar-refractivity contribution in [2.24, 2.45) is 0 Å². The van der Waals surface area contributed by atoms with E-state index in [2.05, 4.69) is 10.2 Å². The zero-order chi connectivity index (χ0) is 20.3. The molecule has 3 rings (SSSR count). The molecule has 1 saturated carbocycles. The van der Waals surface area contributed by atoms with Crippen molar-refractivity contribution >= 4 is 11.8 Å². The number of carbonyl (C=O) groups is 2. The molecular formula is C21H26F2N2O3. The average molecular weight is 392 g/mol. The summed E-state index contributed by atoms with van der Waals surface area (Å²) in [5, 5.41) is 2.94. The number of ketones is 1. The molecule has 0 atom stereocenters. The summed E-state index contributed by atoms with van der Waals surface area (Å²) in [6.45, 7) is 3.33. The number of Topliss-reactive ketones (excluding diaryl/α,β-unsaturated/α-hetero) is 1. The second-order valence-corrected chi connectivity index (χ2v) is 7.48. The Labute approximate surface area is 163 Å². The quantitative estimate of drug-likeness (QED) is 0.254. The van der Waals surface area contributed by atoms with E-state index in [-0.39, 0.29) is 24.1 Å². The molecule has 28 heavy (non-hydrogen) atoms. The summed E-state index contributed by atoms with van der Waals surface area (Å²) in [6.07, 6.45) is 4.61. The number of benzene rings is 1. The first-order chi connectivity index (χ1) is 13.4. The predicted octanol–water partition coefficient (Wildman–Crippen LogP) is 3.16. The van der Waals surface area contributed by atoms with Crippen molar-refractivity contribution in [1.29, 1.82) is 0 Å². The molecule has 0 unspecified atom stereocenters. The molecule has 0 aromatic heterocycles. The summed E-state index contributed by atoms with van der Waals surface area (Å²) < 4.78 is 34.4. The molecule has 2 fully saturated rings. The minimum atomic E-state index is -0.877. The SMILES string of the molecule is CCOC(=O)C(=CNC1CC1)C(=O)c1cc(F)c(C2CCN(C)CC2)cc1F. The van der Waals surface area contributed by atoms with Crippen LogP contribution in [0.4, 0.5) is 8.78 Å². The van der Waals surface area contributed by atoms with Crippen LogP contribution in [-0.4, -0.2) is 49.4 Å². The second kappa shape index (κ2) is 8.82. The number of rotatable bonds is 7. The lowest BCUT2D eigenvalue weighted by atomic mass is 9.88. The molecule has 2 aliphatic rings. The van der Waals surface area contributed by atoms with E-state index in [4.69, 9.17) is 4.74 Å². The van der Waals surface area contributed by atoms with Gasteiger partial charge in [-0.25, -0.2) is 13.6 Å². The zero-order valence-corrected chi connectivity index (χ0v) is 16.3. The van der Waals surface area contributed by atoms with E-state index in [1.807, 2.05) is 7.05 Å². The summed E-state index contributed by atoms with van der Waals surface area (Å²) in [7, 11) is 1.99. The highest BCUT2D eigenvalue weighted by Gasteiger charge is 2.29. The molecule has 0 spiro atoms. The summed E-state index contributed by atoms with van der Waals surface area (Å²) >= 11 is 0. The van der Waals surface area contributed by atoms with Crippen molar-refractivity contribution in [1.82, 2.24) is 10.2 Å². The third-order valence-electron chi connectivity index (χ3n) is 5.27. The van der Waals surface area contributed by atoms with Crippen molar-refractivity contribution in [3.8, 4) is 0 Å². The van der Waals surface area contributed by atoms with Crippen LogP contribution in [0.5, 0.6) is 0 Å². The lowest BCUT2D eigenvalue weighted by Crippen LogP contribution is -2.29. The third kappa shape index (κ3) is 4.76. The number of hydrogen-bond donors (Lipinski definition) is 1. The van der Waals surface area contributed by atoms with Gasteiger partial charge in [-0.05, 0) is 76.4 Å². The van der Waals surface area contributed by atoms with E-state index in [0.29, 0.717) is 5.56 Å². The van der Waals surface area contributed by atoms with E-state index < -0.39 is 29.0 Å². The molecule has 1 aromatic rings. The van der Waals surface area contributed by atoms with Crippen LogP contribution in [0.3, 0.4) is 0 Å². The molecule has 0 bridgehead atoms. The van der Waals surface area contributed by atoms with Crippen LogP contribution < -0.4 is 5.32 Å². The number of carbonyl (C=O) groups excluding carboxylic acids is 2. The van der Waals surface area contributed by atoms with Crippen LogP contribution in [-0.2, 0) is 9.53 Å². The number of esters is 1. The number of likely N-dealkylation sites (tertiary alicyclic amines) is 1. The van der Waals surface area contributed by atoms with Crippen LogP contribution in [0.1, 0.15) is 54.4 Å². The van der Waals surface area contributed by atoms with Gasteiger partial charge < -0.3 is 15.0 Å². The Bertz CT molecular complexity index is 782. The van der Waals surface area contributed by atoms with E-state index in [0.717, 1.165) is 50.9 Å². The van der Waals surface area contributed by atoms with Crippen molar-refractivity contribution < 1.29 is 23.1 Å². The highest BCUT2D eigenvalue weighted by Crippen LogP contribution is 2.31. The van der Waals surface area contributed by atoms with Crippen LogP contribution >= 0.6 is 0 Å². The number of nitrogens with zero attached hydrogens (tertiary/aromatic N) is 1. The molecule has 1 aromatic carbocycles. The third-order valence-corrected chi connectivity index (χ3v) is 5.27. The molecule has 1 aliphatic carbocycles. The maximum absolute atomic E-state index is 14.7. The highest BCUT2D eigenvalue weighted by molar-refractivity contribution is 6.24. The number of piperidine rings is 1. The number of nitrogens with one attached hydrogen (secondary N) is 1. The minimum Gasteiger partial charge on any atom is -0.462 e. The van der Waals surface area contributed by atoms with Crippen LogP contribution in [0.25, 0.3) is 0 Å². The first kappa shape index (κ1) is 20.5. The lowest BCUT2D eigenvalue weighted by Gasteiger charge is -2.29. The topological polar surface area (TPSA) is 58.6 Å². The fraction of sp³-hybridized carbons (Fsp3) is 0.524. The van der Waals surface area contributed by atoms with Gasteiger partial charge in [0.2, 0.25) is 5.78 Å². The Hall–Kier alpha value is -2.28. The maximum atomic E-state index is 14.7. The molecule has 152 valence electrons. The molecule has 5 nitrogen and oxygen atoms in total. The van der Waals surface area contributed by atoms with Crippen LogP contribution in [0.15, 0.2) is 23.9 Å². The van der Waals surface area contributed by atoms with Gasteiger partial charge in [0, 0.05) is 12.2 Å². The minimum absolute atomic E-state index is 0.0774. The second-order valence-electron chi connectivity index (χ2n) is 7.48. The first-order valence-corrected chi connectivity index (χ1v) is 9.76. The van der Waals surface area contributed by atoms with Crippen molar-refractivity contribution in [2.45, 2.75) is 44.6 Å². The summed E-state index contributed by atoms with van der Waals surface area (Å²) in [5.41, 5.74) is -0.481. The van der Waals surface area contributed by atoms with Crippen LogP contribution in [0.2, 0.25) is 0 Å². The molecule has 0 radical (unpaired) electrons. The number of ether oxygens (including phenoxy) is 1. The van der Waals surface area contributed by atoms with E-state index in [1.54, 1.807) is 6.92 Å². The van der Waals surface area contributed by atoms with Gasteiger partial charge in [0.1, 0.15) is 17.2 Å². The fourth-order valence-electron chi connectivity index (χ4n) is 3.39. The van der Waals surface area contributed by atoms with Gasteiger partial charge in [-0.2, -0.15) is 0 Å². The Morgan fingerprint density at radius 1 is 1.18 bits per heavy atom. The number of hydrogen-bond acceptors (Lipinski definition) is 5. The average Bonchev–Trinajstić information content (AvgIpc) is 3.49. The van der Waals surface area contributed by atoms with E-state index >= 15 is 0 Å². The van der Waals surface area contributed by atoms with Crippen LogP contribution in [0, 0.1) is 11.6 Å². The maximum Gasteiger partial charge on any atom is 0.343 e. The normalized spacial score (nSPS) is 18.8. The molecule has 1 aliphatic heterocycles. The lowest BCUT2D eigenvalue weighted by molar-refractivity contribution is -0.138. The van der Waals surface area contributed by atoms with E-state index in [9.17, 15) is 18.4 Å².